The molecule has 0 fully saturated rings. The number of anilines is 1. The summed E-state index contributed by atoms with van der Waals surface area (Å²) in [6.07, 6.45) is 1.34. The summed E-state index contributed by atoms with van der Waals surface area (Å²) in [7, 11) is 1.31. The lowest BCUT2D eigenvalue weighted by atomic mass is 10.1. The maximum Gasteiger partial charge on any atom is 0.337 e. The lowest BCUT2D eigenvalue weighted by Gasteiger charge is -2.02. The molecule has 4 rings (SSSR count). The third-order valence-corrected chi connectivity index (χ3v) is 5.47. The first kappa shape index (κ1) is 23.4. The Hall–Kier alpha value is -4.75. The number of carbonyl (C=O) groups is 2. The first-order valence-electron chi connectivity index (χ1n) is 10.3. The number of amides is 1. The lowest BCUT2D eigenvalue weighted by molar-refractivity contribution is -0.112. The Morgan fingerprint density at radius 3 is 2.57 bits per heavy atom. The SMILES string of the molecule is COC(=O)c1ccc(-c2ccc(/C=C(/C#N)C(=O)Nc3nnc(COc4ccccc4)s3)o2)cc1. The number of hydrogen-bond donors (Lipinski definition) is 1. The minimum atomic E-state index is -0.639. The summed E-state index contributed by atoms with van der Waals surface area (Å²) < 4.78 is 16.0. The van der Waals surface area contributed by atoms with Crippen LogP contribution in [0.1, 0.15) is 21.1 Å². The minimum Gasteiger partial charge on any atom is -0.486 e. The molecule has 1 amide bonds. The highest BCUT2D eigenvalue weighted by molar-refractivity contribution is 7.15. The molecule has 0 aliphatic rings. The van der Waals surface area contributed by atoms with Gasteiger partial charge in [-0.1, -0.05) is 41.7 Å². The second-order valence-corrected chi connectivity index (χ2v) is 8.06. The number of hydrogen-bond acceptors (Lipinski definition) is 9. The highest BCUT2D eigenvalue weighted by Gasteiger charge is 2.15. The van der Waals surface area contributed by atoms with Crippen molar-refractivity contribution in [2.24, 2.45) is 0 Å². The Bertz CT molecular complexity index is 1400. The van der Waals surface area contributed by atoms with E-state index in [9.17, 15) is 14.9 Å². The van der Waals surface area contributed by atoms with Gasteiger partial charge in [-0.05, 0) is 36.4 Å². The molecule has 2 aromatic heterocycles. The van der Waals surface area contributed by atoms with Crippen LogP contribution in [0.15, 0.2) is 76.7 Å². The van der Waals surface area contributed by atoms with Crippen molar-refractivity contribution < 1.29 is 23.5 Å². The van der Waals surface area contributed by atoms with E-state index in [0.717, 1.165) is 16.9 Å². The second kappa shape index (κ2) is 10.9. The summed E-state index contributed by atoms with van der Waals surface area (Å²) in [4.78, 5) is 24.1. The number of esters is 1. The molecular weight excluding hydrogens is 468 g/mol. The van der Waals surface area contributed by atoms with E-state index in [4.69, 9.17) is 9.15 Å². The van der Waals surface area contributed by atoms with Gasteiger partial charge >= 0.3 is 5.97 Å². The molecule has 0 radical (unpaired) electrons. The van der Waals surface area contributed by atoms with Crippen molar-refractivity contribution in [1.82, 2.24) is 10.2 Å². The molecule has 4 aromatic rings. The van der Waals surface area contributed by atoms with Crippen molar-refractivity contribution >= 4 is 34.4 Å². The fraction of sp³-hybridized carbons (Fsp3) is 0.0800. The maximum absolute atomic E-state index is 12.6. The van der Waals surface area contributed by atoms with Crippen molar-refractivity contribution in [3.8, 4) is 23.1 Å². The first-order chi connectivity index (χ1) is 17.1. The quantitative estimate of drug-likeness (QED) is 0.215. The molecule has 9 nitrogen and oxygen atoms in total. The molecule has 0 aliphatic carbocycles. The van der Waals surface area contributed by atoms with Crippen LogP contribution < -0.4 is 10.1 Å². The number of aromatic nitrogens is 2. The molecule has 0 saturated carbocycles. The number of rotatable bonds is 8. The van der Waals surface area contributed by atoms with E-state index in [-0.39, 0.29) is 17.3 Å². The van der Waals surface area contributed by atoms with Gasteiger partial charge < -0.3 is 13.9 Å². The van der Waals surface area contributed by atoms with Gasteiger partial charge in [0.25, 0.3) is 5.91 Å². The van der Waals surface area contributed by atoms with Crippen molar-refractivity contribution in [3.05, 3.63) is 88.6 Å². The molecule has 174 valence electrons. The Labute approximate surface area is 204 Å². The summed E-state index contributed by atoms with van der Waals surface area (Å²) in [6.45, 7) is 0.203. The fourth-order valence-corrected chi connectivity index (χ4v) is 3.60. The van der Waals surface area contributed by atoms with E-state index in [1.165, 1.54) is 13.2 Å². The maximum atomic E-state index is 12.6. The standard InChI is InChI=1S/C25H18N4O5S/c1-32-24(31)17-9-7-16(8-10-17)21-12-11-20(34-21)13-18(14-26)23(30)27-25-29-28-22(35-25)15-33-19-5-3-2-4-6-19/h2-13H,15H2,1H3,(H,27,29,30)/b18-13-. The molecule has 0 atom stereocenters. The predicted molar refractivity (Wildman–Crippen MR) is 128 cm³/mol. The number of furan rings is 1. The number of carbonyl (C=O) groups excluding carboxylic acids is 2. The molecule has 35 heavy (non-hydrogen) atoms. The monoisotopic (exact) mass is 486 g/mol. The zero-order valence-corrected chi connectivity index (χ0v) is 19.2. The average Bonchev–Trinajstić information content (AvgIpc) is 3.55. The molecule has 2 aromatic carbocycles. The third kappa shape index (κ3) is 5.98. The largest absolute Gasteiger partial charge is 0.486 e. The van der Waals surface area contributed by atoms with Gasteiger partial charge in [-0.15, -0.1) is 10.2 Å². The number of ether oxygens (including phenoxy) is 2. The number of nitriles is 1. The molecular formula is C25H18N4O5S. The van der Waals surface area contributed by atoms with Gasteiger partial charge in [0.2, 0.25) is 5.13 Å². The van der Waals surface area contributed by atoms with Crippen LogP contribution in [0.5, 0.6) is 5.75 Å². The summed E-state index contributed by atoms with van der Waals surface area (Å²) >= 11 is 1.15. The van der Waals surface area contributed by atoms with Crippen LogP contribution in [0, 0.1) is 11.3 Å². The van der Waals surface area contributed by atoms with Crippen LogP contribution in [0.25, 0.3) is 17.4 Å². The zero-order chi connectivity index (χ0) is 24.6. The van der Waals surface area contributed by atoms with Gasteiger partial charge in [-0.25, -0.2) is 4.79 Å². The molecule has 0 bridgehead atoms. The molecule has 2 heterocycles. The Morgan fingerprint density at radius 2 is 1.86 bits per heavy atom. The van der Waals surface area contributed by atoms with E-state index in [2.05, 4.69) is 20.3 Å². The topological polar surface area (TPSA) is 127 Å². The highest BCUT2D eigenvalue weighted by atomic mass is 32.1. The Kier molecular flexibility index (Phi) is 7.30. The number of nitrogens with one attached hydrogen (secondary N) is 1. The normalized spacial score (nSPS) is 10.9. The van der Waals surface area contributed by atoms with Gasteiger partial charge in [0.15, 0.2) is 5.01 Å². The van der Waals surface area contributed by atoms with Gasteiger partial charge in [0.05, 0.1) is 12.7 Å². The zero-order valence-electron chi connectivity index (χ0n) is 18.4. The van der Waals surface area contributed by atoms with Crippen LogP contribution in [-0.4, -0.2) is 29.2 Å². The number of methoxy groups -OCH3 is 1. The van der Waals surface area contributed by atoms with E-state index >= 15 is 0 Å². The van der Waals surface area contributed by atoms with Gasteiger partial charge in [-0.2, -0.15) is 5.26 Å². The molecule has 0 aliphatic heterocycles. The van der Waals surface area contributed by atoms with E-state index < -0.39 is 11.9 Å². The summed E-state index contributed by atoms with van der Waals surface area (Å²) in [5.74, 6) is 0.450. The highest BCUT2D eigenvalue weighted by Crippen LogP contribution is 2.25. The van der Waals surface area contributed by atoms with Gasteiger partial charge in [0, 0.05) is 11.6 Å². The van der Waals surface area contributed by atoms with E-state index in [0.29, 0.717) is 27.8 Å². The van der Waals surface area contributed by atoms with Crippen molar-refractivity contribution in [2.75, 3.05) is 12.4 Å². The second-order valence-electron chi connectivity index (χ2n) is 7.00. The molecule has 0 saturated heterocycles. The Balaban J connectivity index is 1.40. The Morgan fingerprint density at radius 1 is 1.09 bits per heavy atom. The number of para-hydroxylation sites is 1. The van der Waals surface area contributed by atoms with Gasteiger partial charge in [0.1, 0.15) is 35.5 Å². The molecule has 10 heteroatoms. The minimum absolute atomic E-state index is 0.163. The number of nitrogens with zero attached hydrogens (tertiary/aromatic N) is 3. The summed E-state index contributed by atoms with van der Waals surface area (Å²) in [5.41, 5.74) is 0.974. The summed E-state index contributed by atoms with van der Waals surface area (Å²) in [5, 5.41) is 20.8. The van der Waals surface area contributed by atoms with Crippen LogP contribution in [0.2, 0.25) is 0 Å². The van der Waals surface area contributed by atoms with Gasteiger partial charge in [-0.3, -0.25) is 10.1 Å². The first-order valence-corrected chi connectivity index (χ1v) is 11.1. The van der Waals surface area contributed by atoms with Crippen LogP contribution in [0.3, 0.4) is 0 Å². The van der Waals surface area contributed by atoms with Crippen LogP contribution in [-0.2, 0) is 16.1 Å². The molecule has 1 N–H and O–H groups in total. The van der Waals surface area contributed by atoms with E-state index in [1.54, 1.807) is 36.4 Å². The third-order valence-electron chi connectivity index (χ3n) is 4.66. The predicted octanol–water partition coefficient (Wildman–Crippen LogP) is 4.71. The fourth-order valence-electron chi connectivity index (χ4n) is 2.95. The molecule has 0 unspecified atom stereocenters. The lowest BCUT2D eigenvalue weighted by Crippen LogP contribution is -2.13. The molecule has 0 spiro atoms. The van der Waals surface area contributed by atoms with Crippen molar-refractivity contribution in [1.29, 1.82) is 5.26 Å². The van der Waals surface area contributed by atoms with E-state index in [1.807, 2.05) is 36.4 Å². The summed E-state index contributed by atoms with van der Waals surface area (Å²) in [6, 6.07) is 21.1. The smallest absolute Gasteiger partial charge is 0.337 e. The van der Waals surface area contributed by atoms with Crippen LogP contribution in [0.4, 0.5) is 5.13 Å². The number of benzene rings is 2. The van der Waals surface area contributed by atoms with Crippen molar-refractivity contribution in [3.63, 3.8) is 0 Å². The van der Waals surface area contributed by atoms with Crippen LogP contribution >= 0.6 is 11.3 Å². The average molecular weight is 487 g/mol. The van der Waals surface area contributed by atoms with Crippen molar-refractivity contribution in [2.45, 2.75) is 6.61 Å².